The molecule has 1 saturated heterocycles. The van der Waals surface area contributed by atoms with Crippen molar-refractivity contribution in [3.8, 4) is 0 Å². The fraction of sp³-hybridized carbons (Fsp3) is 0.647. The zero-order valence-corrected chi connectivity index (χ0v) is 15.0. The summed E-state index contributed by atoms with van der Waals surface area (Å²) in [6.07, 6.45) is 0.244. The topological polar surface area (TPSA) is 84.3 Å². The van der Waals surface area contributed by atoms with Crippen LogP contribution in [-0.4, -0.2) is 44.9 Å². The average Bonchev–Trinajstić information content (AvgIpc) is 2.83. The highest BCUT2D eigenvalue weighted by Crippen LogP contribution is 2.25. The van der Waals surface area contributed by atoms with E-state index >= 15 is 0 Å². The highest BCUT2D eigenvalue weighted by molar-refractivity contribution is 5.89. The van der Waals surface area contributed by atoms with E-state index in [1.54, 1.807) is 11.8 Å². The number of carbonyl (C=O) groups is 2. The van der Waals surface area contributed by atoms with Crippen molar-refractivity contribution >= 4 is 11.8 Å². The van der Waals surface area contributed by atoms with E-state index in [-0.39, 0.29) is 35.4 Å². The lowest BCUT2D eigenvalue weighted by molar-refractivity contribution is -0.132. The Bertz CT molecular complexity index is 703. The van der Waals surface area contributed by atoms with Crippen molar-refractivity contribution < 1.29 is 9.59 Å². The van der Waals surface area contributed by atoms with E-state index < -0.39 is 0 Å². The smallest absolute Gasteiger partial charge is 0.348 e. The molecule has 1 atom stereocenters. The van der Waals surface area contributed by atoms with Gasteiger partial charge in [-0.1, -0.05) is 0 Å². The molecule has 1 aromatic heterocycles. The van der Waals surface area contributed by atoms with Gasteiger partial charge in [0, 0.05) is 43.0 Å². The predicted octanol–water partition coefficient (Wildman–Crippen LogP) is 0.623. The first-order valence-electron chi connectivity index (χ1n) is 8.23. The van der Waals surface area contributed by atoms with Crippen LogP contribution < -0.4 is 11.0 Å². The highest BCUT2D eigenvalue weighted by atomic mass is 16.2. The molecule has 1 unspecified atom stereocenters. The first kappa shape index (κ1) is 18.2. The molecule has 0 saturated carbocycles. The number of aryl methyl sites for hydroxylation is 2. The van der Waals surface area contributed by atoms with Gasteiger partial charge in [-0.05, 0) is 40.7 Å². The number of hydrogen-bond acceptors (Lipinski definition) is 4. The molecule has 1 aliphatic heterocycles. The summed E-state index contributed by atoms with van der Waals surface area (Å²) in [4.78, 5) is 41.9. The summed E-state index contributed by atoms with van der Waals surface area (Å²) in [6, 6.07) is 1.83. The van der Waals surface area contributed by atoms with Gasteiger partial charge in [-0.15, -0.1) is 0 Å². The van der Waals surface area contributed by atoms with E-state index in [4.69, 9.17) is 0 Å². The maximum atomic E-state index is 12.3. The quantitative estimate of drug-likeness (QED) is 0.875. The highest BCUT2D eigenvalue weighted by Gasteiger charge is 2.39. The van der Waals surface area contributed by atoms with Crippen LogP contribution in [0.15, 0.2) is 10.9 Å². The van der Waals surface area contributed by atoms with Gasteiger partial charge in [-0.2, -0.15) is 4.98 Å². The summed E-state index contributed by atoms with van der Waals surface area (Å²) in [5, 5.41) is 2.83. The number of nitrogens with one attached hydrogen (secondary N) is 1. The van der Waals surface area contributed by atoms with Crippen LogP contribution in [0, 0.1) is 19.8 Å². The number of rotatable bonds is 4. The van der Waals surface area contributed by atoms with Gasteiger partial charge in [0.1, 0.15) is 0 Å². The van der Waals surface area contributed by atoms with Gasteiger partial charge >= 0.3 is 5.69 Å². The Morgan fingerprint density at radius 1 is 1.33 bits per heavy atom. The van der Waals surface area contributed by atoms with Crippen molar-refractivity contribution in [3.63, 3.8) is 0 Å². The van der Waals surface area contributed by atoms with Crippen LogP contribution in [0.4, 0.5) is 0 Å². The first-order valence-corrected chi connectivity index (χ1v) is 8.23. The summed E-state index contributed by atoms with van der Waals surface area (Å²) in [5.74, 6) is -0.455. The maximum Gasteiger partial charge on any atom is 0.348 e. The molecule has 0 bridgehead atoms. The Kier molecular flexibility index (Phi) is 5.11. The molecule has 2 heterocycles. The van der Waals surface area contributed by atoms with Crippen molar-refractivity contribution in [1.29, 1.82) is 0 Å². The normalized spacial score (nSPS) is 18.1. The van der Waals surface area contributed by atoms with Crippen LogP contribution in [-0.2, 0) is 16.1 Å². The van der Waals surface area contributed by atoms with E-state index in [0.29, 0.717) is 25.3 Å². The third-order valence-corrected chi connectivity index (χ3v) is 4.29. The first-order chi connectivity index (χ1) is 11.1. The molecule has 2 amide bonds. The molecule has 1 fully saturated rings. The summed E-state index contributed by atoms with van der Waals surface area (Å²) in [6.45, 7) is 10.7. The summed E-state index contributed by atoms with van der Waals surface area (Å²) >= 11 is 0. The second-order valence-electron chi connectivity index (χ2n) is 7.34. The third kappa shape index (κ3) is 4.01. The second kappa shape index (κ2) is 6.75. The fourth-order valence-corrected chi connectivity index (χ4v) is 3.01. The van der Waals surface area contributed by atoms with Gasteiger partial charge < -0.3 is 10.2 Å². The molecular formula is C17H26N4O3. The molecule has 7 heteroatoms. The molecule has 24 heavy (non-hydrogen) atoms. The van der Waals surface area contributed by atoms with E-state index in [9.17, 15) is 14.4 Å². The van der Waals surface area contributed by atoms with Gasteiger partial charge in [0.25, 0.3) is 0 Å². The van der Waals surface area contributed by atoms with Gasteiger partial charge in [0.15, 0.2) is 0 Å². The van der Waals surface area contributed by atoms with Gasteiger partial charge in [0.2, 0.25) is 11.8 Å². The largest absolute Gasteiger partial charge is 0.354 e. The molecule has 1 aromatic rings. The molecule has 1 N–H and O–H groups in total. The van der Waals surface area contributed by atoms with Crippen LogP contribution in [0.2, 0.25) is 0 Å². The number of amides is 2. The van der Waals surface area contributed by atoms with Gasteiger partial charge in [-0.25, -0.2) is 4.79 Å². The van der Waals surface area contributed by atoms with Crippen LogP contribution in [0.5, 0.6) is 0 Å². The van der Waals surface area contributed by atoms with E-state index in [2.05, 4.69) is 10.3 Å². The summed E-state index contributed by atoms with van der Waals surface area (Å²) in [7, 11) is 0. The number of hydrogen-bond donors (Lipinski definition) is 1. The molecule has 7 nitrogen and oxygen atoms in total. The lowest BCUT2D eigenvalue weighted by Crippen LogP contribution is -2.43. The van der Waals surface area contributed by atoms with Crippen LogP contribution in [0.25, 0.3) is 0 Å². The number of carbonyl (C=O) groups excluding carboxylic acids is 2. The lowest BCUT2D eigenvalue weighted by Gasteiger charge is -2.31. The number of likely N-dealkylation sites (tertiary alicyclic amines) is 1. The van der Waals surface area contributed by atoms with Crippen LogP contribution in [0.1, 0.15) is 38.6 Å². The van der Waals surface area contributed by atoms with Crippen molar-refractivity contribution in [2.75, 3.05) is 13.1 Å². The molecule has 0 aromatic carbocycles. The molecule has 1 aliphatic rings. The van der Waals surface area contributed by atoms with Gasteiger partial charge in [-0.3, -0.25) is 14.2 Å². The maximum absolute atomic E-state index is 12.3. The molecule has 132 valence electrons. The Balaban J connectivity index is 1.91. The minimum Gasteiger partial charge on any atom is -0.354 e. The van der Waals surface area contributed by atoms with Crippen molar-refractivity contribution in [2.45, 2.75) is 53.1 Å². The standard InChI is InChI=1S/C17H26N4O3/c1-11-8-12(2)20(16(24)19-11)7-6-18-15(23)13-9-14(22)21(10-13)17(3,4)5/h8,13H,6-7,9-10H2,1-5H3,(H,18,23). The SMILES string of the molecule is Cc1cc(C)n(CCNC(=O)C2CC(=O)N(C(C)(C)C)C2)c(=O)n1. The molecule has 0 radical (unpaired) electrons. The number of nitrogens with zero attached hydrogens (tertiary/aromatic N) is 3. The number of aromatic nitrogens is 2. The second-order valence-corrected chi connectivity index (χ2v) is 7.34. The van der Waals surface area contributed by atoms with E-state index in [1.807, 2.05) is 33.8 Å². The zero-order valence-electron chi connectivity index (χ0n) is 15.0. The fourth-order valence-electron chi connectivity index (χ4n) is 3.01. The minimum absolute atomic E-state index is 0.0115. The van der Waals surface area contributed by atoms with Crippen molar-refractivity contribution in [2.24, 2.45) is 5.92 Å². The zero-order chi connectivity index (χ0) is 18.1. The Morgan fingerprint density at radius 2 is 2.00 bits per heavy atom. The van der Waals surface area contributed by atoms with E-state index in [0.717, 1.165) is 5.69 Å². The molecular weight excluding hydrogens is 308 g/mol. The molecule has 2 rings (SSSR count). The monoisotopic (exact) mass is 334 g/mol. The Hall–Kier alpha value is -2.18. The summed E-state index contributed by atoms with van der Waals surface area (Å²) < 4.78 is 1.54. The molecule has 0 spiro atoms. The van der Waals surface area contributed by atoms with Crippen molar-refractivity contribution in [1.82, 2.24) is 19.8 Å². The lowest BCUT2D eigenvalue weighted by atomic mass is 10.1. The van der Waals surface area contributed by atoms with Crippen LogP contribution in [0.3, 0.4) is 0 Å². The minimum atomic E-state index is -0.328. The van der Waals surface area contributed by atoms with Gasteiger partial charge in [0.05, 0.1) is 5.92 Å². The Morgan fingerprint density at radius 3 is 2.54 bits per heavy atom. The van der Waals surface area contributed by atoms with E-state index in [1.165, 1.54) is 4.57 Å². The molecule has 0 aliphatic carbocycles. The third-order valence-electron chi connectivity index (χ3n) is 4.29. The summed E-state index contributed by atoms with van der Waals surface area (Å²) in [5.41, 5.74) is 0.919. The van der Waals surface area contributed by atoms with Crippen LogP contribution >= 0.6 is 0 Å². The predicted molar refractivity (Wildman–Crippen MR) is 90.6 cm³/mol. The average molecular weight is 334 g/mol. The van der Waals surface area contributed by atoms with Crippen molar-refractivity contribution in [3.05, 3.63) is 27.9 Å². The Labute approximate surface area is 142 Å².